The molecule has 1 aliphatic carbocycles. The Labute approximate surface area is 233 Å². The number of rotatable bonds is 8. The molecule has 196 valence electrons. The van der Waals surface area contributed by atoms with Crippen LogP contribution in [0.25, 0.3) is 22.2 Å². The highest BCUT2D eigenvalue weighted by Gasteiger charge is 2.33. The molecule has 6 rings (SSSR count). The minimum atomic E-state index is -0.462. The SMILES string of the molecule is COC(=O)c1ccc(Oc2cnc3cc(OCc4c(-c5c(Cl)cccc5Cl)noc4C4CC4)ccc3c2)nc1. The van der Waals surface area contributed by atoms with Crippen molar-refractivity contribution in [3.63, 3.8) is 0 Å². The number of ether oxygens (including phenoxy) is 3. The zero-order chi connectivity index (χ0) is 26.9. The molecule has 39 heavy (non-hydrogen) atoms. The van der Waals surface area contributed by atoms with Crippen LogP contribution in [-0.4, -0.2) is 28.2 Å². The summed E-state index contributed by atoms with van der Waals surface area (Å²) in [6.07, 6.45) is 5.10. The van der Waals surface area contributed by atoms with E-state index in [2.05, 4.69) is 19.9 Å². The fourth-order valence-electron chi connectivity index (χ4n) is 4.23. The van der Waals surface area contributed by atoms with E-state index in [1.165, 1.54) is 13.3 Å². The lowest BCUT2D eigenvalue weighted by Gasteiger charge is -2.10. The second-order valence-corrected chi connectivity index (χ2v) is 9.85. The molecule has 0 N–H and O–H groups in total. The van der Waals surface area contributed by atoms with Gasteiger partial charge in [-0.2, -0.15) is 0 Å². The van der Waals surface area contributed by atoms with Gasteiger partial charge in [0.05, 0.1) is 40.0 Å². The first kappa shape index (κ1) is 25.2. The van der Waals surface area contributed by atoms with Crippen LogP contribution in [0.1, 0.15) is 40.4 Å². The molecule has 10 heteroatoms. The average molecular weight is 562 g/mol. The van der Waals surface area contributed by atoms with E-state index in [1.807, 2.05) is 24.3 Å². The molecular weight excluding hydrogens is 541 g/mol. The number of benzene rings is 2. The lowest BCUT2D eigenvalue weighted by Crippen LogP contribution is -2.01. The van der Waals surface area contributed by atoms with Gasteiger partial charge in [0.15, 0.2) is 0 Å². The second kappa shape index (κ2) is 10.6. The number of halogens is 2. The standard InChI is InChI=1S/C29H21Cl2N3O5/c1-36-29(35)18-8-10-25(33-13-18)38-20-11-17-7-9-19(12-24(17)32-14-20)37-15-21-27(34-39-28(21)16-5-6-16)26-22(30)3-2-4-23(26)31/h2-4,7-14,16H,5-6,15H2,1H3. The van der Waals surface area contributed by atoms with Crippen molar-refractivity contribution in [2.45, 2.75) is 25.4 Å². The number of hydrogen-bond donors (Lipinski definition) is 0. The first-order valence-corrected chi connectivity index (χ1v) is 12.9. The van der Waals surface area contributed by atoms with Gasteiger partial charge in [-0.25, -0.2) is 9.78 Å². The molecule has 1 fully saturated rings. The van der Waals surface area contributed by atoms with Crippen LogP contribution >= 0.6 is 23.2 Å². The number of hydrogen-bond acceptors (Lipinski definition) is 8. The van der Waals surface area contributed by atoms with Crippen LogP contribution < -0.4 is 9.47 Å². The topological polar surface area (TPSA) is 96.6 Å². The number of pyridine rings is 2. The van der Waals surface area contributed by atoms with Gasteiger partial charge in [-0.1, -0.05) is 34.4 Å². The van der Waals surface area contributed by atoms with Gasteiger partial charge in [0.1, 0.15) is 29.6 Å². The fraction of sp³-hybridized carbons (Fsp3) is 0.172. The summed E-state index contributed by atoms with van der Waals surface area (Å²) in [5.41, 5.74) is 3.15. The predicted octanol–water partition coefficient (Wildman–Crippen LogP) is 7.63. The third-order valence-corrected chi connectivity index (χ3v) is 6.99. The van der Waals surface area contributed by atoms with Crippen molar-refractivity contribution in [3.05, 3.63) is 93.9 Å². The van der Waals surface area contributed by atoms with Crippen molar-refractivity contribution < 1.29 is 23.5 Å². The number of aromatic nitrogens is 3. The molecule has 8 nitrogen and oxygen atoms in total. The van der Waals surface area contributed by atoms with E-state index in [1.54, 1.807) is 36.5 Å². The number of carbonyl (C=O) groups excluding carboxylic acids is 1. The normalized spacial score (nSPS) is 12.9. The summed E-state index contributed by atoms with van der Waals surface area (Å²) in [4.78, 5) is 20.2. The number of carbonyl (C=O) groups is 1. The molecule has 0 aliphatic heterocycles. The molecule has 1 saturated carbocycles. The van der Waals surface area contributed by atoms with Crippen LogP contribution in [0.4, 0.5) is 0 Å². The van der Waals surface area contributed by atoms with Crippen LogP contribution in [0.5, 0.6) is 17.4 Å². The number of methoxy groups -OCH3 is 1. The number of nitrogens with zero attached hydrogens (tertiary/aromatic N) is 3. The van der Waals surface area contributed by atoms with Crippen LogP contribution in [0, 0.1) is 0 Å². The van der Waals surface area contributed by atoms with Gasteiger partial charge >= 0.3 is 5.97 Å². The molecule has 0 spiro atoms. The number of fused-ring (bicyclic) bond motifs is 1. The van der Waals surface area contributed by atoms with E-state index in [4.69, 9.17) is 37.2 Å². The molecule has 2 aromatic carbocycles. The highest BCUT2D eigenvalue weighted by atomic mass is 35.5. The van der Waals surface area contributed by atoms with Crippen molar-refractivity contribution in [2.24, 2.45) is 0 Å². The maximum Gasteiger partial charge on any atom is 0.339 e. The first-order valence-electron chi connectivity index (χ1n) is 12.2. The fourth-order valence-corrected chi connectivity index (χ4v) is 4.81. The van der Waals surface area contributed by atoms with E-state index < -0.39 is 5.97 Å². The number of esters is 1. The minimum absolute atomic E-state index is 0.242. The van der Waals surface area contributed by atoms with Crippen LogP contribution in [-0.2, 0) is 11.3 Å². The Morgan fingerprint density at radius 1 is 1.00 bits per heavy atom. The average Bonchev–Trinajstić information content (AvgIpc) is 3.71. The Kier molecular flexibility index (Phi) is 6.81. The third kappa shape index (κ3) is 5.26. The van der Waals surface area contributed by atoms with E-state index in [-0.39, 0.29) is 6.61 Å². The van der Waals surface area contributed by atoms with Crippen LogP contribution in [0.3, 0.4) is 0 Å². The summed E-state index contributed by atoms with van der Waals surface area (Å²) in [5, 5.41) is 6.18. The quantitative estimate of drug-likeness (QED) is 0.178. The van der Waals surface area contributed by atoms with Gasteiger partial charge in [-0.05, 0) is 49.2 Å². The molecular formula is C29H21Cl2N3O5. The summed E-state index contributed by atoms with van der Waals surface area (Å²) in [5.74, 6) is 2.16. The minimum Gasteiger partial charge on any atom is -0.489 e. The van der Waals surface area contributed by atoms with Gasteiger partial charge in [-0.3, -0.25) is 4.98 Å². The maximum atomic E-state index is 11.6. The summed E-state index contributed by atoms with van der Waals surface area (Å²) in [7, 11) is 1.32. The summed E-state index contributed by atoms with van der Waals surface area (Å²) in [6.45, 7) is 0.242. The molecule has 0 amide bonds. The van der Waals surface area contributed by atoms with Crippen molar-refractivity contribution in [1.29, 1.82) is 0 Å². The highest BCUT2D eigenvalue weighted by molar-refractivity contribution is 6.39. The van der Waals surface area contributed by atoms with Crippen molar-refractivity contribution in [1.82, 2.24) is 15.1 Å². The molecule has 0 atom stereocenters. The van der Waals surface area contributed by atoms with E-state index in [0.29, 0.717) is 50.2 Å². The Hall–Kier alpha value is -4.14. The molecule has 5 aromatic rings. The molecule has 1 aliphatic rings. The van der Waals surface area contributed by atoms with Crippen molar-refractivity contribution in [3.8, 4) is 28.6 Å². The molecule has 0 unspecified atom stereocenters. The van der Waals surface area contributed by atoms with E-state index >= 15 is 0 Å². The largest absolute Gasteiger partial charge is 0.489 e. The summed E-state index contributed by atoms with van der Waals surface area (Å²) in [6, 6.07) is 16.0. The van der Waals surface area contributed by atoms with Crippen molar-refractivity contribution in [2.75, 3.05) is 7.11 Å². The highest BCUT2D eigenvalue weighted by Crippen LogP contribution is 2.46. The van der Waals surface area contributed by atoms with E-state index in [0.717, 1.165) is 35.1 Å². The predicted molar refractivity (Wildman–Crippen MR) is 146 cm³/mol. The molecule has 3 aromatic heterocycles. The molecule has 0 bridgehead atoms. The van der Waals surface area contributed by atoms with Crippen LogP contribution in [0.15, 0.2) is 71.5 Å². The first-order chi connectivity index (χ1) is 19.0. The Balaban J connectivity index is 1.20. The Bertz CT molecular complexity index is 1660. The van der Waals surface area contributed by atoms with Gasteiger partial charge in [0, 0.05) is 35.2 Å². The lowest BCUT2D eigenvalue weighted by molar-refractivity contribution is 0.0600. The lowest BCUT2D eigenvalue weighted by atomic mass is 10.0. The summed E-state index contributed by atoms with van der Waals surface area (Å²) >= 11 is 12.9. The Morgan fingerprint density at radius 3 is 2.54 bits per heavy atom. The van der Waals surface area contributed by atoms with Gasteiger partial charge in [-0.15, -0.1) is 0 Å². The molecule has 0 radical (unpaired) electrons. The smallest absolute Gasteiger partial charge is 0.339 e. The monoisotopic (exact) mass is 561 g/mol. The van der Waals surface area contributed by atoms with E-state index in [9.17, 15) is 4.79 Å². The summed E-state index contributed by atoms with van der Waals surface area (Å²) < 4.78 is 22.4. The van der Waals surface area contributed by atoms with Crippen LogP contribution in [0.2, 0.25) is 10.0 Å². The molecule has 3 heterocycles. The maximum absolute atomic E-state index is 11.6. The van der Waals surface area contributed by atoms with Crippen molar-refractivity contribution >= 4 is 40.1 Å². The molecule has 0 saturated heterocycles. The van der Waals surface area contributed by atoms with Gasteiger partial charge in [0.2, 0.25) is 5.88 Å². The second-order valence-electron chi connectivity index (χ2n) is 9.04. The zero-order valence-corrected chi connectivity index (χ0v) is 22.2. The zero-order valence-electron chi connectivity index (χ0n) is 20.7. The van der Waals surface area contributed by atoms with Gasteiger partial charge < -0.3 is 18.7 Å². The third-order valence-electron chi connectivity index (χ3n) is 6.36. The van der Waals surface area contributed by atoms with Gasteiger partial charge in [0.25, 0.3) is 0 Å². The Morgan fingerprint density at radius 2 is 1.82 bits per heavy atom.